The lowest BCUT2D eigenvalue weighted by molar-refractivity contribution is -0.117. The zero-order chi connectivity index (χ0) is 17.1. The summed E-state index contributed by atoms with van der Waals surface area (Å²) < 4.78 is 11.8. The minimum atomic E-state index is -0.181. The lowest BCUT2D eigenvalue weighted by atomic mass is 9.97. The van der Waals surface area contributed by atoms with Gasteiger partial charge in [-0.1, -0.05) is 24.3 Å². The fourth-order valence-corrected chi connectivity index (χ4v) is 2.80. The quantitative estimate of drug-likeness (QED) is 0.853. The first-order valence-electron chi connectivity index (χ1n) is 8.03. The molecule has 0 unspecified atom stereocenters. The Morgan fingerprint density at radius 3 is 2.67 bits per heavy atom. The Morgan fingerprint density at radius 1 is 1.25 bits per heavy atom. The van der Waals surface area contributed by atoms with Crippen LogP contribution in [0.1, 0.15) is 30.5 Å². The fraction of sp³-hybridized carbons (Fsp3) is 0.250. The van der Waals surface area contributed by atoms with Gasteiger partial charge in [-0.3, -0.25) is 4.79 Å². The Bertz CT molecular complexity index is 752. The highest BCUT2D eigenvalue weighted by Gasteiger charge is 2.27. The summed E-state index contributed by atoms with van der Waals surface area (Å²) in [6, 6.07) is 13.5. The monoisotopic (exact) mass is 323 g/mol. The Hall–Kier alpha value is -2.75. The molecular weight excluding hydrogens is 302 g/mol. The molecule has 124 valence electrons. The summed E-state index contributed by atoms with van der Waals surface area (Å²) in [5, 5.41) is 2.95. The van der Waals surface area contributed by atoms with Gasteiger partial charge in [0.2, 0.25) is 5.91 Å². The molecule has 2 atom stereocenters. The molecule has 3 rings (SSSR count). The van der Waals surface area contributed by atoms with Gasteiger partial charge in [0.05, 0.1) is 12.1 Å². The molecule has 4 heteroatoms. The van der Waals surface area contributed by atoms with Crippen molar-refractivity contribution in [1.82, 2.24) is 5.32 Å². The summed E-state index contributed by atoms with van der Waals surface area (Å²) in [4.78, 5) is 11.6. The average Bonchev–Trinajstić information content (AvgIpc) is 2.56. The van der Waals surface area contributed by atoms with E-state index >= 15 is 0 Å². The second kappa shape index (κ2) is 6.79. The molecule has 1 aliphatic rings. The molecule has 1 N–H and O–H groups in total. The summed E-state index contributed by atoms with van der Waals surface area (Å²) >= 11 is 0. The molecule has 4 nitrogen and oxygen atoms in total. The van der Waals surface area contributed by atoms with Crippen LogP contribution < -0.4 is 14.8 Å². The highest BCUT2D eigenvalue weighted by molar-refractivity contribution is 5.87. The maximum Gasteiger partial charge on any atom is 0.243 e. The van der Waals surface area contributed by atoms with Crippen LogP contribution in [0.25, 0.3) is 0 Å². The number of carbonyl (C=O) groups is 1. The van der Waals surface area contributed by atoms with Crippen molar-refractivity contribution in [3.63, 3.8) is 0 Å². The Labute approximate surface area is 142 Å². The summed E-state index contributed by atoms with van der Waals surface area (Å²) in [6.07, 6.45) is 2.03. The lowest BCUT2D eigenvalue weighted by Crippen LogP contribution is -2.34. The molecule has 0 spiro atoms. The van der Waals surface area contributed by atoms with Gasteiger partial charge in [-0.05, 0) is 44.2 Å². The van der Waals surface area contributed by atoms with Gasteiger partial charge in [-0.15, -0.1) is 0 Å². The molecule has 1 aliphatic heterocycles. The predicted octanol–water partition coefficient (Wildman–Crippen LogP) is 4.30. The molecule has 0 saturated heterocycles. The van der Waals surface area contributed by atoms with Gasteiger partial charge in [0.15, 0.2) is 0 Å². The molecule has 2 aromatic rings. The van der Waals surface area contributed by atoms with E-state index in [-0.39, 0.29) is 18.1 Å². The van der Waals surface area contributed by atoms with Gasteiger partial charge < -0.3 is 14.8 Å². The van der Waals surface area contributed by atoms with Gasteiger partial charge in [-0.2, -0.15) is 0 Å². The number of amides is 1. The molecule has 0 bridgehead atoms. The van der Waals surface area contributed by atoms with E-state index in [1.807, 2.05) is 56.3 Å². The van der Waals surface area contributed by atoms with Crippen LogP contribution in [0.5, 0.6) is 17.2 Å². The number of benzene rings is 2. The third kappa shape index (κ3) is 3.59. The van der Waals surface area contributed by atoms with Crippen molar-refractivity contribution in [2.75, 3.05) is 0 Å². The fourth-order valence-electron chi connectivity index (χ4n) is 2.80. The second-order valence-electron chi connectivity index (χ2n) is 6.04. The molecule has 0 aliphatic carbocycles. The molecular formula is C20H21NO3. The van der Waals surface area contributed by atoms with Crippen LogP contribution in [0.15, 0.2) is 55.1 Å². The van der Waals surface area contributed by atoms with E-state index in [0.717, 1.165) is 23.5 Å². The summed E-state index contributed by atoms with van der Waals surface area (Å²) in [6.45, 7) is 7.53. The van der Waals surface area contributed by atoms with E-state index in [1.165, 1.54) is 11.6 Å². The largest absolute Gasteiger partial charge is 0.490 e. The van der Waals surface area contributed by atoms with Crippen LogP contribution in [0.2, 0.25) is 0 Å². The molecule has 1 amide bonds. The average molecular weight is 323 g/mol. The maximum absolute atomic E-state index is 11.6. The minimum Gasteiger partial charge on any atom is -0.490 e. The van der Waals surface area contributed by atoms with Crippen molar-refractivity contribution >= 4 is 5.91 Å². The van der Waals surface area contributed by atoms with Gasteiger partial charge in [0.1, 0.15) is 17.2 Å². The van der Waals surface area contributed by atoms with Gasteiger partial charge in [0.25, 0.3) is 0 Å². The summed E-state index contributed by atoms with van der Waals surface area (Å²) in [7, 11) is 0. The van der Waals surface area contributed by atoms with Gasteiger partial charge >= 0.3 is 0 Å². The predicted molar refractivity (Wildman–Crippen MR) is 93.5 cm³/mol. The summed E-state index contributed by atoms with van der Waals surface area (Å²) in [5.74, 6) is 2.05. The van der Waals surface area contributed by atoms with Gasteiger partial charge in [-0.25, -0.2) is 0 Å². The number of hydrogen-bond donors (Lipinski definition) is 1. The molecule has 0 aromatic heterocycles. The Balaban J connectivity index is 1.83. The number of aryl methyl sites for hydroxylation is 1. The zero-order valence-corrected chi connectivity index (χ0v) is 13.9. The Kier molecular flexibility index (Phi) is 4.56. The van der Waals surface area contributed by atoms with Crippen LogP contribution in [-0.4, -0.2) is 12.0 Å². The van der Waals surface area contributed by atoms with Crippen LogP contribution >= 0.6 is 0 Å². The van der Waals surface area contributed by atoms with Crippen LogP contribution in [0.4, 0.5) is 0 Å². The molecule has 0 radical (unpaired) electrons. The van der Waals surface area contributed by atoms with Crippen molar-refractivity contribution in [3.8, 4) is 17.2 Å². The number of nitrogens with one attached hydrogen (secondary N) is 1. The first-order chi connectivity index (χ1) is 11.5. The van der Waals surface area contributed by atoms with Crippen molar-refractivity contribution in [2.45, 2.75) is 32.4 Å². The number of fused-ring (bicyclic) bond motifs is 1. The zero-order valence-electron chi connectivity index (χ0n) is 13.9. The molecule has 24 heavy (non-hydrogen) atoms. The van der Waals surface area contributed by atoms with Crippen LogP contribution in [-0.2, 0) is 4.79 Å². The van der Waals surface area contributed by atoms with Crippen molar-refractivity contribution in [2.24, 2.45) is 0 Å². The van der Waals surface area contributed by atoms with E-state index in [2.05, 4.69) is 11.9 Å². The molecule has 1 heterocycles. The Morgan fingerprint density at radius 2 is 1.96 bits per heavy atom. The van der Waals surface area contributed by atoms with Crippen molar-refractivity contribution in [3.05, 3.63) is 66.2 Å². The first-order valence-corrected chi connectivity index (χ1v) is 8.03. The molecule has 2 aromatic carbocycles. The van der Waals surface area contributed by atoms with Crippen LogP contribution in [0, 0.1) is 6.92 Å². The van der Waals surface area contributed by atoms with Crippen molar-refractivity contribution in [1.29, 1.82) is 0 Å². The highest BCUT2D eigenvalue weighted by Crippen LogP contribution is 2.38. The van der Waals surface area contributed by atoms with E-state index in [4.69, 9.17) is 9.47 Å². The number of ether oxygens (including phenoxy) is 2. The third-order valence-electron chi connectivity index (χ3n) is 4.01. The normalized spacial score (nSPS) is 18.9. The van der Waals surface area contributed by atoms with E-state index in [1.54, 1.807) is 0 Å². The second-order valence-corrected chi connectivity index (χ2v) is 6.04. The standard InChI is InChI=1S/C20H21NO3/c1-4-20(22)21-18-11-14(3)23-19-12-16(9-10-17(18)19)24-15-7-5-13(2)6-8-15/h4-10,12,14,18H,1,11H2,2-3H3,(H,21,22)/t14-,18+/m1/s1. The molecule has 0 saturated carbocycles. The number of hydrogen-bond acceptors (Lipinski definition) is 3. The first kappa shape index (κ1) is 16.1. The van der Waals surface area contributed by atoms with E-state index < -0.39 is 0 Å². The molecule has 0 fully saturated rings. The maximum atomic E-state index is 11.6. The minimum absolute atomic E-state index is 0.0160. The SMILES string of the molecule is C=CC(=O)N[C@H]1C[C@@H](C)Oc2cc(Oc3ccc(C)cc3)ccc21. The third-order valence-corrected chi connectivity index (χ3v) is 4.01. The highest BCUT2D eigenvalue weighted by atomic mass is 16.5. The van der Waals surface area contributed by atoms with E-state index in [0.29, 0.717) is 5.75 Å². The van der Waals surface area contributed by atoms with Crippen molar-refractivity contribution < 1.29 is 14.3 Å². The number of rotatable bonds is 4. The van der Waals surface area contributed by atoms with E-state index in [9.17, 15) is 4.79 Å². The summed E-state index contributed by atoms with van der Waals surface area (Å²) in [5.41, 5.74) is 2.14. The number of carbonyl (C=O) groups excluding carboxylic acids is 1. The topological polar surface area (TPSA) is 47.6 Å². The smallest absolute Gasteiger partial charge is 0.243 e. The van der Waals surface area contributed by atoms with Crippen LogP contribution in [0.3, 0.4) is 0 Å². The lowest BCUT2D eigenvalue weighted by Gasteiger charge is -2.31. The van der Waals surface area contributed by atoms with Gasteiger partial charge in [0, 0.05) is 18.1 Å².